The summed E-state index contributed by atoms with van der Waals surface area (Å²) >= 11 is 5.91. The quantitative estimate of drug-likeness (QED) is 0.901. The predicted molar refractivity (Wildman–Crippen MR) is 83.9 cm³/mol. The molecule has 2 N–H and O–H groups in total. The topological polar surface area (TPSA) is 50.4 Å². The molecule has 1 aromatic rings. The maximum atomic E-state index is 12.5. The fraction of sp³-hybridized carbons (Fsp3) is 0.500. The number of amides is 1. The van der Waals surface area contributed by atoms with Crippen LogP contribution in [0, 0.1) is 6.92 Å². The summed E-state index contributed by atoms with van der Waals surface area (Å²) in [5.41, 5.74) is 1.00. The minimum Gasteiger partial charge on any atom is -0.368 e. The molecular weight excluding hydrogens is 299 g/mol. The highest BCUT2D eigenvalue weighted by atomic mass is 35.5. The molecule has 0 radical (unpaired) electrons. The molecule has 4 nitrogen and oxygen atoms in total. The molecule has 2 rings (SSSR count). The Morgan fingerprint density at radius 2 is 2.05 bits per heavy atom. The van der Waals surface area contributed by atoms with Crippen LogP contribution in [0.2, 0.25) is 5.02 Å². The van der Waals surface area contributed by atoms with Crippen molar-refractivity contribution in [2.75, 3.05) is 25.5 Å². The van der Waals surface area contributed by atoms with Crippen LogP contribution in [0.1, 0.15) is 18.4 Å². The van der Waals surface area contributed by atoms with Gasteiger partial charge in [-0.15, -0.1) is 12.4 Å². The van der Waals surface area contributed by atoms with E-state index in [1.807, 2.05) is 19.1 Å². The van der Waals surface area contributed by atoms with Crippen molar-refractivity contribution in [1.29, 1.82) is 0 Å². The van der Waals surface area contributed by atoms with Crippen LogP contribution >= 0.6 is 24.0 Å². The van der Waals surface area contributed by atoms with Crippen LogP contribution in [0.3, 0.4) is 0 Å². The van der Waals surface area contributed by atoms with Gasteiger partial charge in [0.25, 0.3) is 5.91 Å². The van der Waals surface area contributed by atoms with Crippen LogP contribution < -0.4 is 10.6 Å². The zero-order valence-corrected chi connectivity index (χ0v) is 13.2. The van der Waals surface area contributed by atoms with Crippen LogP contribution in [0.5, 0.6) is 0 Å². The zero-order chi connectivity index (χ0) is 13.9. The second kappa shape index (κ2) is 7.27. The van der Waals surface area contributed by atoms with E-state index in [0.29, 0.717) is 17.9 Å². The van der Waals surface area contributed by atoms with Gasteiger partial charge < -0.3 is 15.4 Å². The number of halogens is 2. The van der Waals surface area contributed by atoms with Crippen molar-refractivity contribution in [1.82, 2.24) is 5.32 Å². The van der Waals surface area contributed by atoms with Crippen LogP contribution in [-0.2, 0) is 9.53 Å². The molecule has 0 bridgehead atoms. The highest BCUT2D eigenvalue weighted by molar-refractivity contribution is 6.30. The van der Waals surface area contributed by atoms with E-state index < -0.39 is 5.60 Å². The number of benzene rings is 1. The fourth-order valence-electron chi connectivity index (χ4n) is 2.36. The first-order chi connectivity index (χ1) is 9.07. The van der Waals surface area contributed by atoms with E-state index in [1.54, 1.807) is 13.2 Å². The van der Waals surface area contributed by atoms with Crippen molar-refractivity contribution < 1.29 is 9.53 Å². The van der Waals surface area contributed by atoms with Gasteiger partial charge in [0.2, 0.25) is 0 Å². The lowest BCUT2D eigenvalue weighted by Gasteiger charge is -2.34. The van der Waals surface area contributed by atoms with E-state index in [4.69, 9.17) is 16.3 Å². The van der Waals surface area contributed by atoms with Crippen LogP contribution in [0.15, 0.2) is 18.2 Å². The van der Waals surface area contributed by atoms with E-state index in [0.717, 1.165) is 24.3 Å². The first-order valence-electron chi connectivity index (χ1n) is 6.41. The zero-order valence-electron chi connectivity index (χ0n) is 11.7. The molecule has 1 aliphatic heterocycles. The number of anilines is 1. The molecule has 1 fully saturated rings. The molecule has 1 saturated heterocycles. The van der Waals surface area contributed by atoms with E-state index >= 15 is 0 Å². The molecule has 0 unspecified atom stereocenters. The Kier molecular flexibility index (Phi) is 6.27. The molecule has 0 spiro atoms. The van der Waals surface area contributed by atoms with E-state index in [1.165, 1.54) is 0 Å². The van der Waals surface area contributed by atoms with Crippen molar-refractivity contribution in [2.45, 2.75) is 25.4 Å². The number of nitrogens with one attached hydrogen (secondary N) is 2. The Labute approximate surface area is 130 Å². The van der Waals surface area contributed by atoms with Crippen molar-refractivity contribution >= 4 is 35.6 Å². The summed E-state index contributed by atoms with van der Waals surface area (Å²) in [6.07, 6.45) is 1.37. The van der Waals surface area contributed by atoms with Gasteiger partial charge in [0.05, 0.1) is 0 Å². The van der Waals surface area contributed by atoms with Crippen molar-refractivity contribution in [3.63, 3.8) is 0 Å². The largest absolute Gasteiger partial charge is 0.368 e. The SMILES string of the molecule is COC1(C(=O)Nc2ccc(Cl)cc2C)CCNCC1.Cl. The molecule has 1 heterocycles. The number of ether oxygens (including phenoxy) is 1. The average molecular weight is 319 g/mol. The average Bonchev–Trinajstić information content (AvgIpc) is 2.42. The number of hydrogen-bond donors (Lipinski definition) is 2. The molecule has 20 heavy (non-hydrogen) atoms. The van der Waals surface area contributed by atoms with Crippen LogP contribution in [-0.4, -0.2) is 31.7 Å². The van der Waals surface area contributed by atoms with Crippen LogP contribution in [0.4, 0.5) is 5.69 Å². The number of carbonyl (C=O) groups is 1. The van der Waals surface area contributed by atoms with Gasteiger partial charge in [0.1, 0.15) is 5.60 Å². The van der Waals surface area contributed by atoms with Crippen molar-refractivity contribution in [2.24, 2.45) is 0 Å². The lowest BCUT2D eigenvalue weighted by atomic mass is 9.91. The van der Waals surface area contributed by atoms with E-state index in [2.05, 4.69) is 10.6 Å². The molecule has 6 heteroatoms. The minimum atomic E-state index is -0.725. The van der Waals surface area contributed by atoms with Crippen LogP contribution in [0.25, 0.3) is 0 Å². The van der Waals surface area contributed by atoms with E-state index in [9.17, 15) is 4.79 Å². The summed E-state index contributed by atoms with van der Waals surface area (Å²) < 4.78 is 5.50. The summed E-state index contributed by atoms with van der Waals surface area (Å²) in [7, 11) is 1.60. The van der Waals surface area contributed by atoms with Gasteiger partial charge in [-0.1, -0.05) is 11.6 Å². The summed E-state index contributed by atoms with van der Waals surface area (Å²) in [6.45, 7) is 3.51. The number of piperidine rings is 1. The number of aryl methyl sites for hydroxylation is 1. The molecule has 112 valence electrons. The normalized spacial score (nSPS) is 17.1. The molecular formula is C14H20Cl2N2O2. The highest BCUT2D eigenvalue weighted by Gasteiger charge is 2.39. The summed E-state index contributed by atoms with van der Waals surface area (Å²) in [6, 6.07) is 5.42. The lowest BCUT2D eigenvalue weighted by Crippen LogP contribution is -2.51. The van der Waals surface area contributed by atoms with Gasteiger partial charge in [0.15, 0.2) is 0 Å². The second-order valence-electron chi connectivity index (χ2n) is 4.86. The molecule has 1 aromatic carbocycles. The predicted octanol–water partition coefficient (Wildman–Crippen LogP) is 2.78. The van der Waals surface area contributed by atoms with Gasteiger partial charge in [-0.05, 0) is 56.6 Å². The fourth-order valence-corrected chi connectivity index (χ4v) is 2.58. The molecule has 0 saturated carbocycles. The first-order valence-corrected chi connectivity index (χ1v) is 6.79. The van der Waals surface area contributed by atoms with Gasteiger partial charge in [-0.25, -0.2) is 0 Å². The number of carbonyl (C=O) groups excluding carboxylic acids is 1. The Morgan fingerprint density at radius 3 is 2.60 bits per heavy atom. The molecule has 0 aliphatic carbocycles. The Hall–Kier alpha value is -0.810. The molecule has 1 aliphatic rings. The number of methoxy groups -OCH3 is 1. The third-order valence-corrected chi connectivity index (χ3v) is 3.89. The Morgan fingerprint density at radius 1 is 1.40 bits per heavy atom. The summed E-state index contributed by atoms with van der Waals surface area (Å²) in [5, 5.41) is 6.85. The van der Waals surface area contributed by atoms with Gasteiger partial charge >= 0.3 is 0 Å². The number of rotatable bonds is 3. The lowest BCUT2D eigenvalue weighted by molar-refractivity contribution is -0.140. The van der Waals surface area contributed by atoms with Gasteiger partial charge in [0, 0.05) is 17.8 Å². The first kappa shape index (κ1) is 17.2. The molecule has 0 aromatic heterocycles. The molecule has 1 amide bonds. The highest BCUT2D eigenvalue weighted by Crippen LogP contribution is 2.26. The van der Waals surface area contributed by atoms with Crippen molar-refractivity contribution in [3.8, 4) is 0 Å². The minimum absolute atomic E-state index is 0. The third-order valence-electron chi connectivity index (χ3n) is 3.65. The summed E-state index contributed by atoms with van der Waals surface area (Å²) in [4.78, 5) is 12.5. The third kappa shape index (κ3) is 3.64. The number of hydrogen-bond acceptors (Lipinski definition) is 3. The molecule has 0 atom stereocenters. The van der Waals surface area contributed by atoms with Gasteiger partial charge in [-0.2, -0.15) is 0 Å². The maximum absolute atomic E-state index is 12.5. The monoisotopic (exact) mass is 318 g/mol. The smallest absolute Gasteiger partial charge is 0.256 e. The Bertz CT molecular complexity index is 474. The van der Waals surface area contributed by atoms with Crippen molar-refractivity contribution in [3.05, 3.63) is 28.8 Å². The second-order valence-corrected chi connectivity index (χ2v) is 5.30. The standard InChI is InChI=1S/C14H19ClN2O2.ClH/c1-10-9-11(15)3-4-12(10)17-13(18)14(19-2)5-7-16-8-6-14;/h3-4,9,16H,5-8H2,1-2H3,(H,17,18);1H. The summed E-state index contributed by atoms with van der Waals surface area (Å²) in [5.74, 6) is -0.0816. The van der Waals surface area contributed by atoms with E-state index in [-0.39, 0.29) is 18.3 Å². The van der Waals surface area contributed by atoms with Gasteiger partial charge in [-0.3, -0.25) is 4.79 Å². The maximum Gasteiger partial charge on any atom is 0.256 e. The Balaban J connectivity index is 0.00000200.